The standard InChI is InChI=1S/C19H23I2N6O3PS2/c1-13-11-29-9-8-26(13)17-10-16(25-33(2,3)28)23-19(24-17)27-15-7-5-4-6-14(15)22-18(27)12-30-32-31(20)21/h4-7,10,13H,8-9,11-12H2,1-3H3/t13-/m1/s1. The molecule has 1 aliphatic rings. The van der Waals surface area contributed by atoms with E-state index in [0.717, 1.165) is 16.9 Å². The Morgan fingerprint density at radius 1 is 1.30 bits per heavy atom. The summed E-state index contributed by atoms with van der Waals surface area (Å²) in [6.45, 7) is 4.33. The van der Waals surface area contributed by atoms with Crippen LogP contribution in [-0.4, -0.2) is 62.0 Å². The molecule has 2 aromatic heterocycles. The van der Waals surface area contributed by atoms with Gasteiger partial charge in [-0.1, -0.05) is 12.1 Å². The highest BCUT2D eigenvalue weighted by Crippen LogP contribution is 2.65. The molecule has 178 valence electrons. The van der Waals surface area contributed by atoms with Crippen LogP contribution in [0.25, 0.3) is 17.0 Å². The van der Waals surface area contributed by atoms with Crippen molar-refractivity contribution in [1.29, 1.82) is 0 Å². The molecule has 1 fully saturated rings. The number of aromatic nitrogens is 4. The normalized spacial score (nSPS) is 17.2. The highest BCUT2D eigenvalue weighted by molar-refractivity contribution is 14.3. The fraction of sp³-hybridized carbons (Fsp3) is 0.421. The molecular formula is C19H23I2N6O3PS2. The van der Waals surface area contributed by atoms with Crippen LogP contribution in [0.3, 0.4) is 0 Å². The summed E-state index contributed by atoms with van der Waals surface area (Å²) in [6, 6.07) is 9.78. The third-order valence-corrected chi connectivity index (χ3v) is 9.30. The fourth-order valence-corrected chi connectivity index (χ4v) is 6.74. The summed E-state index contributed by atoms with van der Waals surface area (Å²) >= 11 is 6.14. The Bertz CT molecular complexity index is 1260. The van der Waals surface area contributed by atoms with Crippen LogP contribution in [0.5, 0.6) is 0 Å². The molecule has 0 amide bonds. The van der Waals surface area contributed by atoms with E-state index in [9.17, 15) is 4.21 Å². The number of ether oxygens (including phenoxy) is 1. The van der Waals surface area contributed by atoms with Crippen LogP contribution in [-0.2, 0) is 25.3 Å². The molecule has 1 atom stereocenters. The van der Waals surface area contributed by atoms with Gasteiger partial charge in [0, 0.05) is 46.5 Å². The molecular weight excluding hydrogens is 709 g/mol. The van der Waals surface area contributed by atoms with E-state index in [1.165, 1.54) is 11.7 Å². The largest absolute Gasteiger partial charge is 0.377 e. The number of fused-ring (bicyclic) bond motifs is 1. The number of rotatable bonds is 7. The predicted octanol–water partition coefficient (Wildman–Crippen LogP) is 5.66. The van der Waals surface area contributed by atoms with Crippen molar-refractivity contribution in [3.63, 3.8) is 0 Å². The third-order valence-electron chi connectivity index (χ3n) is 4.79. The maximum absolute atomic E-state index is 12.5. The van der Waals surface area contributed by atoms with E-state index in [0.29, 0.717) is 44.0 Å². The van der Waals surface area contributed by atoms with Gasteiger partial charge in [-0.3, -0.25) is 4.57 Å². The number of benzene rings is 1. The quantitative estimate of drug-likeness (QED) is 0.175. The molecule has 1 saturated heterocycles. The van der Waals surface area contributed by atoms with Crippen molar-refractivity contribution < 1.29 is 13.1 Å². The summed E-state index contributed by atoms with van der Waals surface area (Å²) in [5.41, 5.74) is 1.70. The summed E-state index contributed by atoms with van der Waals surface area (Å²) in [6.07, 6.45) is 3.20. The minimum atomic E-state index is -2.41. The molecule has 3 heterocycles. The Morgan fingerprint density at radius 3 is 2.82 bits per heavy atom. The fourth-order valence-electron chi connectivity index (χ4n) is 3.51. The molecule has 9 nitrogen and oxygen atoms in total. The third kappa shape index (κ3) is 6.67. The molecule has 0 saturated carbocycles. The maximum Gasteiger partial charge on any atom is 0.239 e. The number of imidazole rings is 1. The molecule has 4 rings (SSSR count). The second-order valence-corrected chi connectivity index (χ2v) is 27.8. The zero-order valence-electron chi connectivity index (χ0n) is 18.2. The number of hydrogen-bond acceptors (Lipinski definition) is 9. The van der Waals surface area contributed by atoms with E-state index in [4.69, 9.17) is 18.9 Å². The van der Waals surface area contributed by atoms with E-state index in [1.54, 1.807) is 18.6 Å². The van der Waals surface area contributed by atoms with E-state index >= 15 is 0 Å². The van der Waals surface area contributed by atoms with Crippen molar-refractivity contribution in [3.05, 3.63) is 36.2 Å². The first-order valence-corrected chi connectivity index (χ1v) is 20.6. The summed E-state index contributed by atoms with van der Waals surface area (Å²) in [4.78, 5) is 16.5. The zero-order valence-corrected chi connectivity index (χ0v) is 25.1. The second-order valence-electron chi connectivity index (χ2n) is 7.67. The average Bonchev–Trinajstić information content (AvgIpc) is 3.10. The predicted molar refractivity (Wildman–Crippen MR) is 154 cm³/mol. The number of anilines is 1. The van der Waals surface area contributed by atoms with Crippen LogP contribution < -0.4 is 4.90 Å². The van der Waals surface area contributed by atoms with Gasteiger partial charge in [0.1, 0.15) is 20.7 Å². The molecule has 1 aliphatic heterocycles. The van der Waals surface area contributed by atoms with Gasteiger partial charge < -0.3 is 13.8 Å². The molecule has 0 radical (unpaired) electrons. The van der Waals surface area contributed by atoms with E-state index in [2.05, 4.69) is 65.3 Å². The van der Waals surface area contributed by atoms with Crippen LogP contribution in [0.2, 0.25) is 0 Å². The number of halogens is 2. The Kier molecular flexibility index (Phi) is 8.72. The Hall–Kier alpha value is -0.320. The van der Waals surface area contributed by atoms with Gasteiger partial charge in [-0.2, -0.15) is 14.3 Å². The number of hydrogen-bond donors (Lipinski definition) is 0. The van der Waals surface area contributed by atoms with Crippen LogP contribution in [0.4, 0.5) is 11.6 Å². The molecule has 0 spiro atoms. The molecule has 14 heteroatoms. The van der Waals surface area contributed by atoms with Gasteiger partial charge in [0.05, 0.1) is 30.3 Å². The Morgan fingerprint density at radius 2 is 2.09 bits per heavy atom. The van der Waals surface area contributed by atoms with Gasteiger partial charge in [0.25, 0.3) is 0 Å². The summed E-state index contributed by atoms with van der Waals surface area (Å²) in [5.74, 6) is 2.23. The summed E-state index contributed by atoms with van der Waals surface area (Å²) < 4.78 is 29.9. The van der Waals surface area contributed by atoms with Gasteiger partial charge in [-0.25, -0.2) is 9.19 Å². The minimum absolute atomic E-state index is 0.146. The highest BCUT2D eigenvalue weighted by atomic mass is 127. The molecule has 0 unspecified atom stereocenters. The van der Waals surface area contributed by atoms with Crippen molar-refractivity contribution in [2.45, 2.75) is 19.6 Å². The van der Waals surface area contributed by atoms with Crippen molar-refractivity contribution in [2.75, 3.05) is 37.2 Å². The number of morpholine rings is 1. The smallest absolute Gasteiger partial charge is 0.239 e. The lowest BCUT2D eigenvalue weighted by molar-refractivity contribution is 0.0985. The molecule has 0 N–H and O–H groups in total. The first-order valence-electron chi connectivity index (χ1n) is 10.00. The van der Waals surface area contributed by atoms with Gasteiger partial charge in [-0.05, 0) is 63.1 Å². The number of nitrogens with zero attached hydrogens (tertiary/aromatic N) is 6. The van der Waals surface area contributed by atoms with Crippen molar-refractivity contribution in [3.8, 4) is 5.95 Å². The maximum atomic E-state index is 12.5. The summed E-state index contributed by atoms with van der Waals surface area (Å²) in [5, 5.41) is 0. The zero-order chi connectivity index (χ0) is 23.6. The number of para-hydroxylation sites is 2. The first kappa shape index (κ1) is 25.8. The summed E-state index contributed by atoms with van der Waals surface area (Å²) in [7, 11) is -2.41. The van der Waals surface area contributed by atoms with Gasteiger partial charge in [0.2, 0.25) is 5.95 Å². The van der Waals surface area contributed by atoms with Gasteiger partial charge >= 0.3 is 0 Å². The molecule has 0 aliphatic carbocycles. The second kappa shape index (κ2) is 11.2. The van der Waals surface area contributed by atoms with E-state index in [-0.39, 0.29) is 8.45 Å². The average molecular weight is 732 g/mol. The van der Waals surface area contributed by atoms with Gasteiger partial charge in [-0.15, -0.1) is 0 Å². The van der Waals surface area contributed by atoms with Crippen molar-refractivity contribution >= 4 is 90.6 Å². The SMILES string of the molecule is C[C@@H]1COCCN1c1cc(N=S(C)(C)=O)nc(-n2c(COSP(I)I)nc3ccccc32)n1. The monoisotopic (exact) mass is 732 g/mol. The minimum Gasteiger partial charge on any atom is -0.377 e. The van der Waals surface area contributed by atoms with Gasteiger partial charge in [0.15, 0.2) is 5.82 Å². The molecule has 0 bridgehead atoms. The van der Waals surface area contributed by atoms with Crippen LogP contribution in [0.1, 0.15) is 12.7 Å². The lowest BCUT2D eigenvalue weighted by atomic mass is 10.2. The molecule has 33 heavy (non-hydrogen) atoms. The lowest BCUT2D eigenvalue weighted by Gasteiger charge is -2.34. The van der Waals surface area contributed by atoms with E-state index < -0.39 is 9.73 Å². The van der Waals surface area contributed by atoms with Crippen molar-refractivity contribution in [1.82, 2.24) is 19.5 Å². The first-order chi connectivity index (χ1) is 15.7. The van der Waals surface area contributed by atoms with Crippen LogP contribution in [0.15, 0.2) is 34.7 Å². The topological polar surface area (TPSA) is 94.7 Å². The van der Waals surface area contributed by atoms with Crippen LogP contribution in [0, 0.1) is 0 Å². The Balaban J connectivity index is 1.87. The molecule has 3 aromatic rings. The van der Waals surface area contributed by atoms with E-state index in [1.807, 2.05) is 28.8 Å². The Labute approximate surface area is 224 Å². The lowest BCUT2D eigenvalue weighted by Crippen LogP contribution is -2.44. The highest BCUT2D eigenvalue weighted by Gasteiger charge is 2.23. The molecule has 1 aromatic carbocycles. The van der Waals surface area contributed by atoms with Crippen molar-refractivity contribution in [2.24, 2.45) is 4.36 Å². The van der Waals surface area contributed by atoms with Crippen LogP contribution >= 0.6 is 58.2 Å².